The average molecular weight is 350 g/mol. The zero-order chi connectivity index (χ0) is 14.1. The van der Waals surface area contributed by atoms with Crippen LogP contribution in [0.25, 0.3) is 10.2 Å². The normalized spacial score (nSPS) is 12.8. The molecule has 0 fully saturated rings. The molecule has 0 aliphatic heterocycles. The van der Waals surface area contributed by atoms with Gasteiger partial charge in [0, 0.05) is 11.2 Å². The summed E-state index contributed by atoms with van der Waals surface area (Å²) in [5.74, 6) is -0.156. The first-order chi connectivity index (χ1) is 9.63. The average Bonchev–Trinajstić information content (AvgIpc) is 2.83. The molecule has 0 aliphatic carbocycles. The number of aromatic nitrogens is 1. The van der Waals surface area contributed by atoms with E-state index in [0.717, 1.165) is 22.5 Å². The lowest BCUT2D eigenvalue weighted by atomic mass is 10.1. The number of benzene rings is 2. The molecule has 2 aromatic carbocycles. The Morgan fingerprint density at radius 1 is 1.25 bits per heavy atom. The Labute approximate surface area is 129 Å². The fourth-order valence-electron chi connectivity index (χ4n) is 2.08. The van der Waals surface area contributed by atoms with Crippen molar-refractivity contribution >= 4 is 37.5 Å². The number of hydrogen-bond donors (Lipinski definition) is 0. The largest absolute Gasteiger partial charge is 0.241 e. The van der Waals surface area contributed by atoms with E-state index < -0.39 is 0 Å². The van der Waals surface area contributed by atoms with Crippen LogP contribution < -0.4 is 0 Å². The number of hydrogen-bond acceptors (Lipinski definition) is 2. The molecule has 0 amide bonds. The van der Waals surface area contributed by atoms with Crippen molar-refractivity contribution in [2.24, 2.45) is 0 Å². The number of alkyl halides is 1. The van der Waals surface area contributed by atoms with Gasteiger partial charge in [-0.3, -0.25) is 0 Å². The highest BCUT2D eigenvalue weighted by Gasteiger charge is 2.13. The SMILES string of the molecule is Cc1ccc(C(Br)Cc2nc3ccccc3s2)cc1F. The summed E-state index contributed by atoms with van der Waals surface area (Å²) in [5, 5.41) is 1.06. The van der Waals surface area contributed by atoms with Gasteiger partial charge in [-0.2, -0.15) is 0 Å². The molecule has 20 heavy (non-hydrogen) atoms. The van der Waals surface area contributed by atoms with Gasteiger partial charge in [-0.05, 0) is 36.2 Å². The van der Waals surface area contributed by atoms with Crippen molar-refractivity contribution in [3.8, 4) is 0 Å². The molecule has 0 bridgehead atoms. The second kappa shape index (κ2) is 5.62. The van der Waals surface area contributed by atoms with Crippen LogP contribution in [0.15, 0.2) is 42.5 Å². The standard InChI is InChI=1S/C16H13BrFNS/c1-10-6-7-11(8-13(10)18)12(17)9-16-19-14-4-2-3-5-15(14)20-16/h2-8,12H,9H2,1H3. The Hall–Kier alpha value is -1.26. The second-order valence-electron chi connectivity index (χ2n) is 4.76. The van der Waals surface area contributed by atoms with Crippen LogP contribution in [0.5, 0.6) is 0 Å². The topological polar surface area (TPSA) is 12.9 Å². The number of thiazole rings is 1. The number of aryl methyl sites for hydroxylation is 1. The van der Waals surface area contributed by atoms with E-state index in [1.807, 2.05) is 30.3 Å². The Balaban J connectivity index is 1.84. The highest BCUT2D eigenvalue weighted by Crippen LogP contribution is 2.31. The van der Waals surface area contributed by atoms with Gasteiger partial charge < -0.3 is 0 Å². The molecule has 102 valence electrons. The van der Waals surface area contributed by atoms with Gasteiger partial charge in [-0.1, -0.05) is 40.2 Å². The van der Waals surface area contributed by atoms with E-state index in [9.17, 15) is 4.39 Å². The molecule has 0 saturated heterocycles. The Morgan fingerprint density at radius 3 is 2.80 bits per heavy atom. The van der Waals surface area contributed by atoms with Crippen molar-refractivity contribution in [3.63, 3.8) is 0 Å². The molecule has 1 heterocycles. The lowest BCUT2D eigenvalue weighted by Crippen LogP contribution is -1.96. The molecule has 0 aliphatic rings. The number of fused-ring (bicyclic) bond motifs is 1. The second-order valence-corrected chi connectivity index (χ2v) is 6.98. The van der Waals surface area contributed by atoms with Gasteiger partial charge in [0.1, 0.15) is 5.82 Å². The maximum absolute atomic E-state index is 13.6. The van der Waals surface area contributed by atoms with Gasteiger partial charge in [0.25, 0.3) is 0 Å². The third kappa shape index (κ3) is 2.76. The van der Waals surface area contributed by atoms with E-state index in [2.05, 4.69) is 27.0 Å². The molecule has 1 atom stereocenters. The highest BCUT2D eigenvalue weighted by atomic mass is 79.9. The van der Waals surface area contributed by atoms with Crippen molar-refractivity contribution in [3.05, 3.63) is 64.4 Å². The van der Waals surface area contributed by atoms with E-state index in [4.69, 9.17) is 0 Å². The summed E-state index contributed by atoms with van der Waals surface area (Å²) >= 11 is 5.33. The molecule has 0 radical (unpaired) electrons. The number of halogens is 2. The van der Waals surface area contributed by atoms with Crippen molar-refractivity contribution in [1.82, 2.24) is 4.98 Å². The summed E-state index contributed by atoms with van der Waals surface area (Å²) in [6.07, 6.45) is 0.766. The highest BCUT2D eigenvalue weighted by molar-refractivity contribution is 9.09. The summed E-state index contributed by atoms with van der Waals surface area (Å²) in [4.78, 5) is 4.69. The minimum atomic E-state index is -0.156. The molecule has 1 nitrogen and oxygen atoms in total. The van der Waals surface area contributed by atoms with Crippen LogP contribution in [0.1, 0.15) is 21.0 Å². The van der Waals surface area contributed by atoms with E-state index in [1.165, 1.54) is 4.70 Å². The molecule has 0 N–H and O–H groups in total. The molecule has 1 unspecified atom stereocenters. The smallest absolute Gasteiger partial charge is 0.126 e. The van der Waals surface area contributed by atoms with Crippen LogP contribution in [0.3, 0.4) is 0 Å². The van der Waals surface area contributed by atoms with Gasteiger partial charge in [0.2, 0.25) is 0 Å². The predicted octanol–water partition coefficient (Wildman–Crippen LogP) is 5.42. The van der Waals surface area contributed by atoms with Crippen molar-refractivity contribution < 1.29 is 4.39 Å². The quantitative estimate of drug-likeness (QED) is 0.575. The lowest BCUT2D eigenvalue weighted by Gasteiger charge is -2.09. The van der Waals surface area contributed by atoms with Crippen LogP contribution in [-0.4, -0.2) is 4.98 Å². The first kappa shape index (κ1) is 13.7. The predicted molar refractivity (Wildman–Crippen MR) is 86.1 cm³/mol. The number of para-hydroxylation sites is 1. The van der Waals surface area contributed by atoms with Gasteiger partial charge in [0.05, 0.1) is 15.2 Å². The first-order valence-corrected chi connectivity index (χ1v) is 8.11. The van der Waals surface area contributed by atoms with Crippen molar-refractivity contribution in [1.29, 1.82) is 0 Å². The van der Waals surface area contributed by atoms with Gasteiger partial charge >= 0.3 is 0 Å². The number of rotatable bonds is 3. The van der Waals surface area contributed by atoms with E-state index >= 15 is 0 Å². The minimum Gasteiger partial charge on any atom is -0.241 e. The van der Waals surface area contributed by atoms with E-state index in [1.54, 1.807) is 24.3 Å². The van der Waals surface area contributed by atoms with Crippen LogP contribution in [0.4, 0.5) is 4.39 Å². The zero-order valence-corrected chi connectivity index (χ0v) is 13.3. The molecule has 3 aromatic rings. The van der Waals surface area contributed by atoms with Gasteiger partial charge in [-0.15, -0.1) is 11.3 Å². The van der Waals surface area contributed by atoms with Crippen LogP contribution >= 0.6 is 27.3 Å². The fraction of sp³-hybridized carbons (Fsp3) is 0.188. The molecule has 0 saturated carbocycles. The first-order valence-electron chi connectivity index (χ1n) is 6.38. The van der Waals surface area contributed by atoms with Gasteiger partial charge in [-0.25, -0.2) is 9.37 Å². The summed E-state index contributed by atoms with van der Waals surface area (Å²) in [6.45, 7) is 1.77. The zero-order valence-electron chi connectivity index (χ0n) is 10.9. The van der Waals surface area contributed by atoms with E-state index in [0.29, 0.717) is 5.56 Å². The van der Waals surface area contributed by atoms with Crippen molar-refractivity contribution in [2.75, 3.05) is 0 Å². The molecular formula is C16H13BrFNS. The summed E-state index contributed by atoms with van der Waals surface area (Å²) in [6, 6.07) is 13.5. The molecule has 3 rings (SSSR count). The summed E-state index contributed by atoms with van der Waals surface area (Å²) < 4.78 is 14.8. The third-order valence-corrected chi connectivity index (χ3v) is 5.16. The third-order valence-electron chi connectivity index (χ3n) is 3.25. The Bertz CT molecular complexity index is 720. The summed E-state index contributed by atoms with van der Waals surface area (Å²) in [7, 11) is 0. The van der Waals surface area contributed by atoms with Crippen LogP contribution in [0, 0.1) is 12.7 Å². The minimum absolute atomic E-state index is 0.0816. The van der Waals surface area contributed by atoms with Crippen LogP contribution in [0.2, 0.25) is 0 Å². The molecule has 1 aromatic heterocycles. The summed E-state index contributed by atoms with van der Waals surface area (Å²) in [5.41, 5.74) is 2.66. The maximum Gasteiger partial charge on any atom is 0.126 e. The maximum atomic E-state index is 13.6. The Morgan fingerprint density at radius 2 is 2.05 bits per heavy atom. The fourth-order valence-corrected chi connectivity index (χ4v) is 3.90. The molecular weight excluding hydrogens is 337 g/mol. The monoisotopic (exact) mass is 349 g/mol. The van der Waals surface area contributed by atoms with Crippen molar-refractivity contribution in [2.45, 2.75) is 18.2 Å². The molecule has 0 spiro atoms. The lowest BCUT2D eigenvalue weighted by molar-refractivity contribution is 0.615. The molecule has 4 heteroatoms. The van der Waals surface area contributed by atoms with E-state index in [-0.39, 0.29) is 10.6 Å². The van der Waals surface area contributed by atoms with Crippen LogP contribution in [-0.2, 0) is 6.42 Å². The number of nitrogens with zero attached hydrogens (tertiary/aromatic N) is 1. The Kier molecular flexibility index (Phi) is 3.85. The van der Waals surface area contributed by atoms with Gasteiger partial charge in [0.15, 0.2) is 0 Å².